The van der Waals surface area contributed by atoms with Crippen molar-refractivity contribution in [1.29, 1.82) is 0 Å². The summed E-state index contributed by atoms with van der Waals surface area (Å²) in [6, 6.07) is 16.1. The molecule has 0 amide bonds. The van der Waals surface area contributed by atoms with E-state index >= 15 is 0 Å². The predicted octanol–water partition coefficient (Wildman–Crippen LogP) is 3.82. The average Bonchev–Trinajstić information content (AvgIpc) is 2.60. The summed E-state index contributed by atoms with van der Waals surface area (Å²) >= 11 is -1.00. The first-order chi connectivity index (χ1) is 9.81. The molecule has 0 aliphatic carbocycles. The molecule has 1 heterocycles. The zero-order chi connectivity index (χ0) is 13.9. The molecule has 0 spiro atoms. The lowest BCUT2D eigenvalue weighted by atomic mass is 9.97. The second kappa shape index (κ2) is 6.00. The lowest BCUT2D eigenvalue weighted by Gasteiger charge is -2.19. The summed E-state index contributed by atoms with van der Waals surface area (Å²) in [6.07, 6.45) is 0.873. The minimum Gasteiger partial charge on any atom is -0.611 e. The van der Waals surface area contributed by atoms with E-state index in [9.17, 15) is 4.55 Å². The maximum Gasteiger partial charge on any atom is 0.159 e. The molecular formula is C17H18O2S. The van der Waals surface area contributed by atoms with Gasteiger partial charge in [-0.25, -0.2) is 0 Å². The molecule has 1 aliphatic rings. The lowest BCUT2D eigenvalue weighted by Crippen LogP contribution is -2.09. The second-order valence-corrected chi connectivity index (χ2v) is 6.40. The molecule has 0 N–H and O–H groups in total. The van der Waals surface area contributed by atoms with E-state index in [0.29, 0.717) is 12.4 Å². The van der Waals surface area contributed by atoms with Crippen molar-refractivity contribution in [1.82, 2.24) is 0 Å². The van der Waals surface area contributed by atoms with Crippen LogP contribution in [0.4, 0.5) is 0 Å². The van der Waals surface area contributed by atoms with Crippen molar-refractivity contribution in [2.24, 2.45) is 0 Å². The van der Waals surface area contributed by atoms with Crippen molar-refractivity contribution in [3.05, 3.63) is 65.2 Å². The van der Waals surface area contributed by atoms with Gasteiger partial charge in [0.15, 0.2) is 4.90 Å². The molecule has 2 atom stereocenters. The third-order valence-electron chi connectivity index (χ3n) is 3.56. The Morgan fingerprint density at radius 3 is 2.60 bits per heavy atom. The van der Waals surface area contributed by atoms with Gasteiger partial charge in [-0.05, 0) is 29.2 Å². The first kappa shape index (κ1) is 13.7. The highest BCUT2D eigenvalue weighted by Crippen LogP contribution is 2.38. The molecule has 1 unspecified atom stereocenters. The van der Waals surface area contributed by atoms with Gasteiger partial charge in [0.2, 0.25) is 0 Å². The van der Waals surface area contributed by atoms with Crippen molar-refractivity contribution in [2.75, 3.05) is 6.61 Å². The van der Waals surface area contributed by atoms with Gasteiger partial charge in [0.25, 0.3) is 0 Å². The highest BCUT2D eigenvalue weighted by molar-refractivity contribution is 7.90. The van der Waals surface area contributed by atoms with Crippen LogP contribution in [0.3, 0.4) is 0 Å². The van der Waals surface area contributed by atoms with Crippen LogP contribution < -0.4 is 0 Å². The quantitative estimate of drug-likeness (QED) is 0.803. The number of fused-ring (bicyclic) bond motifs is 2. The van der Waals surface area contributed by atoms with E-state index in [1.807, 2.05) is 36.4 Å². The molecule has 104 valence electrons. The average molecular weight is 286 g/mol. The summed E-state index contributed by atoms with van der Waals surface area (Å²) in [4.78, 5) is 0.907. The fraction of sp³-hybridized carbons (Fsp3) is 0.294. The molecule has 0 fully saturated rings. The Balaban J connectivity index is 2.13. The summed E-state index contributed by atoms with van der Waals surface area (Å²) in [5, 5.41) is 0. The maximum absolute atomic E-state index is 12.5. The number of ether oxygens (including phenoxy) is 1. The third kappa shape index (κ3) is 2.49. The van der Waals surface area contributed by atoms with Crippen LogP contribution in [0.5, 0.6) is 0 Å². The van der Waals surface area contributed by atoms with Gasteiger partial charge in [0.05, 0.1) is 0 Å². The number of hydrogen-bond donors (Lipinski definition) is 0. The molecule has 20 heavy (non-hydrogen) atoms. The van der Waals surface area contributed by atoms with Crippen LogP contribution >= 0.6 is 0 Å². The van der Waals surface area contributed by atoms with Crippen molar-refractivity contribution in [3.8, 4) is 0 Å². The van der Waals surface area contributed by atoms with Gasteiger partial charge in [-0.2, -0.15) is 0 Å². The number of benzene rings is 2. The molecular weight excluding hydrogens is 268 g/mol. The summed E-state index contributed by atoms with van der Waals surface area (Å²) < 4.78 is 18.6. The van der Waals surface area contributed by atoms with Gasteiger partial charge in [0.1, 0.15) is 11.9 Å². The monoisotopic (exact) mass is 286 g/mol. The summed E-state index contributed by atoms with van der Waals surface area (Å²) in [6.45, 7) is 2.81. The summed E-state index contributed by atoms with van der Waals surface area (Å²) in [5.74, 6) is 0.569. The molecule has 0 radical (unpaired) electrons. The fourth-order valence-corrected chi connectivity index (χ4v) is 4.00. The first-order valence-corrected chi connectivity index (χ1v) is 8.30. The van der Waals surface area contributed by atoms with Gasteiger partial charge >= 0.3 is 0 Å². The molecule has 0 saturated heterocycles. The second-order valence-electron chi connectivity index (χ2n) is 4.98. The van der Waals surface area contributed by atoms with Gasteiger partial charge in [-0.15, -0.1) is 0 Å². The van der Waals surface area contributed by atoms with Crippen molar-refractivity contribution in [3.63, 3.8) is 0 Å². The zero-order valence-electron chi connectivity index (χ0n) is 11.5. The smallest absolute Gasteiger partial charge is 0.159 e. The van der Waals surface area contributed by atoms with E-state index in [-0.39, 0.29) is 6.10 Å². The van der Waals surface area contributed by atoms with Gasteiger partial charge in [-0.3, -0.25) is 0 Å². The van der Waals surface area contributed by atoms with E-state index in [1.165, 1.54) is 0 Å². The number of hydrogen-bond acceptors (Lipinski definition) is 2. The van der Waals surface area contributed by atoms with Crippen LogP contribution in [0.1, 0.15) is 36.1 Å². The SMILES string of the molecule is CCCO[C@H]1c2ccccc2C[S+]([O-])c2ccccc21. The topological polar surface area (TPSA) is 32.3 Å². The fourth-order valence-electron chi connectivity index (χ4n) is 2.63. The van der Waals surface area contributed by atoms with E-state index in [4.69, 9.17) is 4.74 Å². The van der Waals surface area contributed by atoms with E-state index < -0.39 is 11.2 Å². The standard InChI is InChI=1S/C17H18O2S/c1-2-11-19-17-14-8-4-3-7-13(14)12-20(18)16-10-6-5-9-15(16)17/h3-10,17H,2,11-12H2,1H3/t17-,20?/m0/s1. The Morgan fingerprint density at radius 2 is 1.80 bits per heavy atom. The Kier molecular flexibility index (Phi) is 4.10. The Morgan fingerprint density at radius 1 is 1.10 bits per heavy atom. The van der Waals surface area contributed by atoms with Crippen LogP contribution in [0, 0.1) is 0 Å². The summed E-state index contributed by atoms with van der Waals surface area (Å²) in [7, 11) is 0. The lowest BCUT2D eigenvalue weighted by molar-refractivity contribution is 0.0787. The number of rotatable bonds is 3. The molecule has 3 heteroatoms. The third-order valence-corrected chi connectivity index (χ3v) is 5.00. The molecule has 0 saturated carbocycles. The van der Waals surface area contributed by atoms with E-state index in [0.717, 1.165) is 28.0 Å². The maximum atomic E-state index is 12.5. The molecule has 0 bridgehead atoms. The molecule has 1 aliphatic heterocycles. The van der Waals surface area contributed by atoms with Crippen LogP contribution in [-0.4, -0.2) is 11.2 Å². The molecule has 3 rings (SSSR count). The summed E-state index contributed by atoms with van der Waals surface area (Å²) in [5.41, 5.74) is 3.33. The Bertz CT molecular complexity index is 597. The Labute approximate surface area is 123 Å². The molecule has 0 aromatic heterocycles. The molecule has 2 nitrogen and oxygen atoms in total. The van der Waals surface area contributed by atoms with Crippen molar-refractivity contribution < 1.29 is 9.29 Å². The van der Waals surface area contributed by atoms with Crippen LogP contribution in [0.25, 0.3) is 0 Å². The van der Waals surface area contributed by atoms with Gasteiger partial charge in [-0.1, -0.05) is 49.4 Å². The Hall–Kier alpha value is -1.29. The van der Waals surface area contributed by atoms with E-state index in [1.54, 1.807) is 0 Å². The first-order valence-electron chi connectivity index (χ1n) is 6.98. The zero-order valence-corrected chi connectivity index (χ0v) is 12.4. The normalized spacial score (nSPS) is 20.9. The largest absolute Gasteiger partial charge is 0.611 e. The highest BCUT2D eigenvalue weighted by atomic mass is 32.2. The van der Waals surface area contributed by atoms with Crippen molar-refractivity contribution >= 4 is 11.2 Å². The van der Waals surface area contributed by atoms with E-state index in [2.05, 4.69) is 19.1 Å². The van der Waals surface area contributed by atoms with Crippen LogP contribution in [0.15, 0.2) is 53.4 Å². The van der Waals surface area contributed by atoms with Crippen molar-refractivity contribution in [2.45, 2.75) is 30.1 Å². The van der Waals surface area contributed by atoms with Gasteiger partial charge in [0, 0.05) is 17.7 Å². The minimum atomic E-state index is -1.00. The molecule has 2 aromatic carbocycles. The molecule has 2 aromatic rings. The highest BCUT2D eigenvalue weighted by Gasteiger charge is 2.30. The minimum absolute atomic E-state index is 0.103. The predicted molar refractivity (Wildman–Crippen MR) is 81.1 cm³/mol. The van der Waals surface area contributed by atoms with Crippen LogP contribution in [0.2, 0.25) is 0 Å². The van der Waals surface area contributed by atoms with Gasteiger partial charge < -0.3 is 9.29 Å². The van der Waals surface area contributed by atoms with Crippen LogP contribution in [-0.2, 0) is 21.7 Å².